The second-order valence-electron chi connectivity index (χ2n) is 11.2. The maximum atomic E-state index is 14.8. The number of carbonyl (C=O) groups excluding carboxylic acids is 3. The third-order valence-corrected chi connectivity index (χ3v) is 8.33. The van der Waals surface area contributed by atoms with Crippen molar-refractivity contribution in [3.05, 3.63) is 114 Å². The maximum Gasteiger partial charge on any atom is 0.334 e. The number of nitrogens with zero attached hydrogens (tertiary/aromatic N) is 4. The molecule has 0 spiro atoms. The molecular formula is C32H34F2N6O5S. The topological polar surface area (TPSA) is 122 Å². The highest BCUT2D eigenvalue weighted by molar-refractivity contribution is 7.92. The van der Waals surface area contributed by atoms with Gasteiger partial charge in [-0.15, -0.1) is 6.58 Å². The summed E-state index contributed by atoms with van der Waals surface area (Å²) in [6.07, 6.45) is 1.65. The molecule has 11 nitrogen and oxygen atoms in total. The van der Waals surface area contributed by atoms with Crippen molar-refractivity contribution in [2.45, 2.75) is 31.7 Å². The molecule has 2 N–H and O–H groups in total. The number of hydrogen-bond acceptors (Lipinski definition) is 6. The van der Waals surface area contributed by atoms with E-state index in [1.807, 2.05) is 30.3 Å². The number of nitrogens with one attached hydrogen (secondary N) is 2. The van der Waals surface area contributed by atoms with Gasteiger partial charge in [-0.25, -0.2) is 32.0 Å². The van der Waals surface area contributed by atoms with Crippen LogP contribution in [0.4, 0.5) is 19.3 Å². The SMILES string of the molecule is C=CCN1CC(=O)N2[C@@H](Cc3ccc(NS(C)(=O)=O)cc3)C(=O)N(Cc3ccc(F)cc3F)C[C@@H]2N1C(=O)NCc1ccccc1. The first-order valence-electron chi connectivity index (χ1n) is 14.5. The summed E-state index contributed by atoms with van der Waals surface area (Å²) in [5, 5.41) is 5.85. The predicted molar refractivity (Wildman–Crippen MR) is 167 cm³/mol. The van der Waals surface area contributed by atoms with Crippen molar-refractivity contribution in [3.63, 3.8) is 0 Å². The molecule has 2 heterocycles. The van der Waals surface area contributed by atoms with Crippen LogP contribution in [0.3, 0.4) is 0 Å². The van der Waals surface area contributed by atoms with Gasteiger partial charge in [0.25, 0.3) is 0 Å². The molecular weight excluding hydrogens is 618 g/mol. The molecule has 0 bridgehead atoms. The highest BCUT2D eigenvalue weighted by Crippen LogP contribution is 2.30. The fourth-order valence-electron chi connectivity index (χ4n) is 5.70. The van der Waals surface area contributed by atoms with Gasteiger partial charge in [0.15, 0.2) is 0 Å². The average Bonchev–Trinajstić information content (AvgIpc) is 3.00. The first-order valence-corrected chi connectivity index (χ1v) is 16.4. The minimum absolute atomic E-state index is 0.0313. The molecule has 0 saturated carbocycles. The predicted octanol–water partition coefficient (Wildman–Crippen LogP) is 3.07. The van der Waals surface area contributed by atoms with Crippen molar-refractivity contribution in [3.8, 4) is 0 Å². The average molecular weight is 653 g/mol. The van der Waals surface area contributed by atoms with Crippen molar-refractivity contribution in [2.24, 2.45) is 0 Å². The number of rotatable bonds is 10. The minimum Gasteiger partial charge on any atom is -0.333 e. The molecule has 2 atom stereocenters. The molecule has 4 amide bonds. The van der Waals surface area contributed by atoms with Gasteiger partial charge in [-0.1, -0.05) is 54.6 Å². The molecule has 242 valence electrons. The van der Waals surface area contributed by atoms with Crippen LogP contribution in [0.2, 0.25) is 0 Å². The van der Waals surface area contributed by atoms with Gasteiger partial charge >= 0.3 is 6.03 Å². The Kier molecular flexibility index (Phi) is 9.68. The molecule has 3 aromatic rings. The summed E-state index contributed by atoms with van der Waals surface area (Å²) in [5.41, 5.74) is 1.87. The van der Waals surface area contributed by atoms with Crippen molar-refractivity contribution < 1.29 is 31.6 Å². The number of hydrazine groups is 1. The summed E-state index contributed by atoms with van der Waals surface area (Å²) >= 11 is 0. The van der Waals surface area contributed by atoms with Crippen LogP contribution in [-0.2, 0) is 39.1 Å². The van der Waals surface area contributed by atoms with Gasteiger partial charge in [0.05, 0.1) is 19.3 Å². The van der Waals surface area contributed by atoms with Crippen LogP contribution in [-0.4, -0.2) is 84.2 Å². The lowest BCUT2D eigenvalue weighted by molar-refractivity contribution is -0.189. The quantitative estimate of drug-likeness (QED) is 0.325. The fourth-order valence-corrected chi connectivity index (χ4v) is 6.26. The number of sulfonamides is 1. The van der Waals surface area contributed by atoms with Crippen molar-refractivity contribution in [1.29, 1.82) is 0 Å². The number of urea groups is 1. The lowest BCUT2D eigenvalue weighted by Crippen LogP contribution is -2.76. The fraction of sp³-hybridized carbons (Fsp3) is 0.281. The molecule has 2 fully saturated rings. The summed E-state index contributed by atoms with van der Waals surface area (Å²) in [6.45, 7) is 3.57. The molecule has 5 rings (SSSR count). The van der Waals surface area contributed by atoms with E-state index < -0.39 is 45.8 Å². The van der Waals surface area contributed by atoms with Crippen molar-refractivity contribution in [1.82, 2.24) is 25.1 Å². The van der Waals surface area contributed by atoms with Gasteiger partial charge in [-0.2, -0.15) is 0 Å². The van der Waals surface area contributed by atoms with Crippen LogP contribution in [0.15, 0.2) is 85.5 Å². The smallest absolute Gasteiger partial charge is 0.333 e. The van der Waals surface area contributed by atoms with Crippen molar-refractivity contribution >= 4 is 33.6 Å². The Labute approximate surface area is 266 Å². The number of fused-ring (bicyclic) bond motifs is 1. The molecule has 0 aliphatic carbocycles. The molecule has 3 aromatic carbocycles. The first kappa shape index (κ1) is 32.6. The minimum atomic E-state index is -3.51. The molecule has 2 aliphatic rings. The number of carbonyl (C=O) groups is 3. The molecule has 0 unspecified atom stereocenters. The summed E-state index contributed by atoms with van der Waals surface area (Å²) in [6, 6.07) is 17.1. The van der Waals surface area contributed by atoms with Gasteiger partial charge in [0.2, 0.25) is 21.8 Å². The molecule has 2 saturated heterocycles. The third kappa shape index (κ3) is 7.51. The van der Waals surface area contributed by atoms with E-state index in [0.717, 1.165) is 24.0 Å². The van der Waals surface area contributed by atoms with E-state index in [9.17, 15) is 31.6 Å². The number of benzene rings is 3. The molecule has 2 aliphatic heterocycles. The second kappa shape index (κ2) is 13.7. The summed E-state index contributed by atoms with van der Waals surface area (Å²) < 4.78 is 54.1. The van der Waals surface area contributed by atoms with E-state index in [0.29, 0.717) is 11.3 Å². The van der Waals surface area contributed by atoms with Gasteiger partial charge in [0.1, 0.15) is 23.8 Å². The van der Waals surface area contributed by atoms with Gasteiger partial charge < -0.3 is 15.1 Å². The van der Waals surface area contributed by atoms with E-state index >= 15 is 0 Å². The Hall–Kier alpha value is -4.82. The monoisotopic (exact) mass is 652 g/mol. The summed E-state index contributed by atoms with van der Waals surface area (Å²) in [4.78, 5) is 44.3. The largest absolute Gasteiger partial charge is 0.334 e. The number of anilines is 1. The van der Waals surface area contributed by atoms with Crippen LogP contribution in [0.5, 0.6) is 0 Å². The van der Waals surface area contributed by atoms with E-state index in [2.05, 4.69) is 16.6 Å². The summed E-state index contributed by atoms with van der Waals surface area (Å²) in [7, 11) is -3.51. The Morgan fingerprint density at radius 3 is 2.39 bits per heavy atom. The van der Waals surface area contributed by atoms with Gasteiger partial charge in [0, 0.05) is 43.4 Å². The van der Waals surface area contributed by atoms with Crippen molar-refractivity contribution in [2.75, 3.05) is 30.6 Å². The Morgan fingerprint density at radius 1 is 1.02 bits per heavy atom. The van der Waals surface area contributed by atoms with Crippen LogP contribution < -0.4 is 10.0 Å². The van der Waals surface area contributed by atoms with Gasteiger partial charge in [-0.3, -0.25) is 14.3 Å². The number of amides is 4. The lowest BCUT2D eigenvalue weighted by atomic mass is 9.98. The Bertz CT molecular complexity index is 1720. The molecule has 0 aromatic heterocycles. The highest BCUT2D eigenvalue weighted by Gasteiger charge is 2.51. The van der Waals surface area contributed by atoms with E-state index in [-0.39, 0.29) is 50.6 Å². The van der Waals surface area contributed by atoms with Crippen LogP contribution in [0.25, 0.3) is 0 Å². The van der Waals surface area contributed by atoms with Crippen LogP contribution in [0.1, 0.15) is 16.7 Å². The zero-order chi connectivity index (χ0) is 33.0. The number of hydrogen-bond donors (Lipinski definition) is 2. The third-order valence-electron chi connectivity index (χ3n) is 7.73. The van der Waals surface area contributed by atoms with E-state index in [1.54, 1.807) is 35.4 Å². The Balaban J connectivity index is 1.49. The van der Waals surface area contributed by atoms with Crippen LogP contribution in [0, 0.1) is 11.6 Å². The first-order chi connectivity index (χ1) is 21.9. The standard InChI is InChI=1S/C32H34F2N6O5S/c1-3-15-38-21-30(41)39-28(16-22-9-13-26(14-10-22)36-46(2,44)45)31(42)37(19-24-11-12-25(33)17-27(24)34)20-29(39)40(38)32(43)35-18-23-7-5-4-6-8-23/h3-14,17,28-29,36H,1,15-16,18-21H2,2H3,(H,35,43)/t28-,29-/m0/s1. The van der Waals surface area contributed by atoms with E-state index in [4.69, 9.17) is 0 Å². The zero-order valence-corrected chi connectivity index (χ0v) is 25.9. The maximum absolute atomic E-state index is 14.8. The van der Waals surface area contributed by atoms with E-state index in [1.165, 1.54) is 20.9 Å². The second-order valence-corrected chi connectivity index (χ2v) is 12.9. The molecule has 0 radical (unpaired) electrons. The Morgan fingerprint density at radius 2 is 1.74 bits per heavy atom. The number of halogens is 2. The zero-order valence-electron chi connectivity index (χ0n) is 25.1. The molecule has 14 heteroatoms. The number of piperazine rings is 1. The van der Waals surface area contributed by atoms with Crippen LogP contribution >= 0.6 is 0 Å². The normalized spacial score (nSPS) is 18.7. The highest BCUT2D eigenvalue weighted by atomic mass is 32.2. The van der Waals surface area contributed by atoms with Gasteiger partial charge in [-0.05, 0) is 29.3 Å². The summed E-state index contributed by atoms with van der Waals surface area (Å²) in [5.74, 6) is -2.46. The molecule has 46 heavy (non-hydrogen) atoms. The lowest BCUT2D eigenvalue weighted by Gasteiger charge is -2.55.